The van der Waals surface area contributed by atoms with Crippen molar-refractivity contribution in [2.45, 2.75) is 4.90 Å². The SMILES string of the molecule is CNS(=O)(=O)c1cccc(C(=O)OCC(=O)c2ccc3ccccc3c2)c1. The first-order chi connectivity index (χ1) is 12.9. The number of sulfonamides is 1. The highest BCUT2D eigenvalue weighted by atomic mass is 32.2. The molecule has 7 heteroatoms. The van der Waals surface area contributed by atoms with Gasteiger partial charge >= 0.3 is 5.97 Å². The highest BCUT2D eigenvalue weighted by Crippen LogP contribution is 2.16. The molecule has 138 valence electrons. The van der Waals surface area contributed by atoms with Crippen molar-refractivity contribution in [1.82, 2.24) is 4.72 Å². The van der Waals surface area contributed by atoms with E-state index in [9.17, 15) is 18.0 Å². The minimum Gasteiger partial charge on any atom is -0.454 e. The van der Waals surface area contributed by atoms with Crippen LogP contribution in [0.5, 0.6) is 0 Å². The van der Waals surface area contributed by atoms with Gasteiger partial charge in [0.25, 0.3) is 0 Å². The van der Waals surface area contributed by atoms with E-state index >= 15 is 0 Å². The van der Waals surface area contributed by atoms with Gasteiger partial charge in [-0.1, -0.05) is 42.5 Å². The van der Waals surface area contributed by atoms with Gasteiger partial charge in [-0.25, -0.2) is 17.9 Å². The van der Waals surface area contributed by atoms with E-state index in [1.807, 2.05) is 30.3 Å². The van der Waals surface area contributed by atoms with Gasteiger partial charge in [-0.3, -0.25) is 4.79 Å². The van der Waals surface area contributed by atoms with Gasteiger partial charge < -0.3 is 4.74 Å². The van der Waals surface area contributed by atoms with Crippen LogP contribution < -0.4 is 4.72 Å². The van der Waals surface area contributed by atoms with E-state index in [1.54, 1.807) is 12.1 Å². The van der Waals surface area contributed by atoms with Crippen molar-refractivity contribution in [1.29, 1.82) is 0 Å². The number of carbonyl (C=O) groups excluding carboxylic acids is 2. The largest absolute Gasteiger partial charge is 0.454 e. The molecular formula is C20H17NO5S. The molecule has 3 rings (SSSR count). The average molecular weight is 383 g/mol. The summed E-state index contributed by atoms with van der Waals surface area (Å²) in [6.07, 6.45) is 0. The second kappa shape index (κ2) is 7.69. The summed E-state index contributed by atoms with van der Waals surface area (Å²) in [6, 6.07) is 18.3. The number of hydrogen-bond donors (Lipinski definition) is 1. The minimum absolute atomic E-state index is 0.0534. The molecular weight excluding hydrogens is 366 g/mol. The maximum absolute atomic E-state index is 12.3. The van der Waals surface area contributed by atoms with Gasteiger partial charge in [-0.15, -0.1) is 0 Å². The summed E-state index contributed by atoms with van der Waals surface area (Å²) in [4.78, 5) is 24.4. The van der Waals surface area contributed by atoms with Crippen LogP contribution >= 0.6 is 0 Å². The summed E-state index contributed by atoms with van der Waals surface area (Å²) < 4.78 is 30.9. The third-order valence-electron chi connectivity index (χ3n) is 4.05. The molecule has 27 heavy (non-hydrogen) atoms. The van der Waals surface area contributed by atoms with Crippen molar-refractivity contribution < 1.29 is 22.7 Å². The van der Waals surface area contributed by atoms with Crippen LogP contribution in [0.15, 0.2) is 71.6 Å². The Labute approximate surface area is 156 Å². The lowest BCUT2D eigenvalue weighted by molar-refractivity contribution is 0.0474. The van der Waals surface area contributed by atoms with E-state index < -0.39 is 22.6 Å². The fourth-order valence-corrected chi connectivity index (χ4v) is 3.34. The Morgan fingerprint density at radius 1 is 0.889 bits per heavy atom. The predicted molar refractivity (Wildman–Crippen MR) is 101 cm³/mol. The number of ether oxygens (including phenoxy) is 1. The van der Waals surface area contributed by atoms with Crippen LogP contribution in [-0.4, -0.2) is 33.8 Å². The molecule has 0 unspecified atom stereocenters. The Morgan fingerprint density at radius 2 is 1.63 bits per heavy atom. The second-order valence-corrected chi connectivity index (χ2v) is 7.68. The summed E-state index contributed by atoms with van der Waals surface area (Å²) in [5, 5.41) is 1.92. The Kier molecular flexibility index (Phi) is 5.34. The molecule has 0 aliphatic carbocycles. The molecule has 0 aliphatic rings. The van der Waals surface area contributed by atoms with Crippen molar-refractivity contribution in [3.8, 4) is 0 Å². The molecule has 3 aromatic rings. The molecule has 0 aromatic heterocycles. The molecule has 0 saturated carbocycles. The Hall–Kier alpha value is -3.03. The number of esters is 1. The molecule has 0 bridgehead atoms. The highest BCUT2D eigenvalue weighted by molar-refractivity contribution is 7.89. The topological polar surface area (TPSA) is 89.5 Å². The van der Waals surface area contributed by atoms with Gasteiger partial charge in [0.2, 0.25) is 10.0 Å². The zero-order valence-corrected chi connectivity index (χ0v) is 15.3. The number of carbonyl (C=O) groups is 2. The number of fused-ring (bicyclic) bond motifs is 1. The standard InChI is InChI=1S/C20H17NO5S/c1-21-27(24,25)18-8-4-7-17(12-18)20(23)26-13-19(22)16-10-9-14-5-2-3-6-15(14)11-16/h2-12,21H,13H2,1H3. The van der Waals surface area contributed by atoms with Crippen molar-refractivity contribution in [3.63, 3.8) is 0 Å². The third kappa shape index (κ3) is 4.21. The van der Waals surface area contributed by atoms with Crippen molar-refractivity contribution in [2.75, 3.05) is 13.7 Å². The summed E-state index contributed by atoms with van der Waals surface area (Å²) in [7, 11) is -2.39. The maximum atomic E-state index is 12.3. The van der Waals surface area contributed by atoms with Crippen LogP contribution in [0.2, 0.25) is 0 Å². The zero-order chi connectivity index (χ0) is 19.4. The van der Waals surface area contributed by atoms with Crippen molar-refractivity contribution >= 4 is 32.5 Å². The van der Waals surface area contributed by atoms with Gasteiger partial charge in [-0.2, -0.15) is 0 Å². The first-order valence-corrected chi connectivity index (χ1v) is 9.62. The monoisotopic (exact) mass is 383 g/mol. The minimum atomic E-state index is -3.67. The van der Waals surface area contributed by atoms with Gasteiger partial charge in [0.15, 0.2) is 12.4 Å². The van der Waals surface area contributed by atoms with E-state index in [1.165, 1.54) is 31.3 Å². The molecule has 0 atom stereocenters. The zero-order valence-electron chi connectivity index (χ0n) is 14.5. The fourth-order valence-electron chi connectivity index (χ4n) is 2.57. The normalized spacial score (nSPS) is 11.3. The van der Waals surface area contributed by atoms with Crippen LogP contribution in [0.4, 0.5) is 0 Å². The number of Topliss-reactive ketones (excluding diaryl/α,β-unsaturated/α-hetero) is 1. The lowest BCUT2D eigenvalue weighted by Gasteiger charge is -2.07. The summed E-state index contributed by atoms with van der Waals surface area (Å²) in [6.45, 7) is -0.430. The van der Waals surface area contributed by atoms with Crippen LogP contribution in [0, 0.1) is 0 Å². The number of rotatable bonds is 6. The van der Waals surface area contributed by atoms with Gasteiger partial charge in [-0.05, 0) is 42.1 Å². The number of nitrogens with one attached hydrogen (secondary N) is 1. The lowest BCUT2D eigenvalue weighted by atomic mass is 10.0. The van der Waals surface area contributed by atoms with Crippen LogP contribution in [0.3, 0.4) is 0 Å². The van der Waals surface area contributed by atoms with Gasteiger partial charge in [0.1, 0.15) is 0 Å². The summed E-state index contributed by atoms with van der Waals surface area (Å²) in [5.41, 5.74) is 0.491. The molecule has 0 heterocycles. The quantitative estimate of drug-likeness (QED) is 0.522. The molecule has 0 amide bonds. The third-order valence-corrected chi connectivity index (χ3v) is 5.47. The van der Waals surface area contributed by atoms with Crippen molar-refractivity contribution in [3.05, 3.63) is 77.9 Å². The lowest BCUT2D eigenvalue weighted by Crippen LogP contribution is -2.19. The first kappa shape index (κ1) is 18.8. The van der Waals surface area contributed by atoms with E-state index in [-0.39, 0.29) is 16.2 Å². The van der Waals surface area contributed by atoms with E-state index in [2.05, 4.69) is 4.72 Å². The molecule has 0 radical (unpaired) electrons. The van der Waals surface area contributed by atoms with E-state index in [4.69, 9.17) is 4.74 Å². The smallest absolute Gasteiger partial charge is 0.338 e. The average Bonchev–Trinajstić information content (AvgIpc) is 2.71. The number of hydrogen-bond acceptors (Lipinski definition) is 5. The molecule has 3 aromatic carbocycles. The molecule has 0 fully saturated rings. The van der Waals surface area contributed by atoms with E-state index in [0.29, 0.717) is 5.56 Å². The molecule has 1 N–H and O–H groups in total. The van der Waals surface area contributed by atoms with E-state index in [0.717, 1.165) is 10.8 Å². The van der Waals surface area contributed by atoms with Gasteiger partial charge in [0, 0.05) is 5.56 Å². The fraction of sp³-hybridized carbons (Fsp3) is 0.100. The molecule has 0 saturated heterocycles. The van der Waals surface area contributed by atoms with Gasteiger partial charge in [0.05, 0.1) is 10.5 Å². The first-order valence-electron chi connectivity index (χ1n) is 8.13. The maximum Gasteiger partial charge on any atom is 0.338 e. The van der Waals surface area contributed by atoms with Crippen LogP contribution in [0.1, 0.15) is 20.7 Å². The Morgan fingerprint density at radius 3 is 2.37 bits per heavy atom. The van der Waals surface area contributed by atoms with Crippen LogP contribution in [0.25, 0.3) is 10.8 Å². The highest BCUT2D eigenvalue weighted by Gasteiger charge is 2.16. The molecule has 0 spiro atoms. The summed E-state index contributed by atoms with van der Waals surface area (Å²) in [5.74, 6) is -1.11. The second-order valence-electron chi connectivity index (χ2n) is 5.80. The van der Waals surface area contributed by atoms with Crippen LogP contribution in [-0.2, 0) is 14.8 Å². The predicted octanol–water partition coefficient (Wildman–Crippen LogP) is 2.79. The Bertz CT molecular complexity index is 1120. The number of ketones is 1. The molecule has 6 nitrogen and oxygen atoms in total. The number of benzene rings is 3. The molecule has 0 aliphatic heterocycles. The summed E-state index contributed by atoms with van der Waals surface area (Å²) >= 11 is 0. The Balaban J connectivity index is 1.71. The van der Waals surface area contributed by atoms with Crippen molar-refractivity contribution in [2.24, 2.45) is 0 Å².